The first-order valence-electron chi connectivity index (χ1n) is 12.3. The molecule has 0 saturated carbocycles. The Labute approximate surface area is 234 Å². The van der Waals surface area contributed by atoms with Gasteiger partial charge in [-0.3, -0.25) is 0 Å². The largest absolute Gasteiger partial charge is 0.484 e. The van der Waals surface area contributed by atoms with Crippen molar-refractivity contribution < 1.29 is 41.3 Å². The first-order valence-corrected chi connectivity index (χ1v) is 16.7. The van der Waals surface area contributed by atoms with E-state index in [1.54, 1.807) is 12.1 Å². The Morgan fingerprint density at radius 1 is 1.15 bits per heavy atom. The highest BCUT2D eigenvalue weighted by molar-refractivity contribution is 8.32. The second-order valence-corrected chi connectivity index (χ2v) is 16.2. The molecule has 3 aromatic rings. The average Bonchev–Trinajstić information content (AvgIpc) is 3.39. The quantitative estimate of drug-likeness (QED) is 0.194. The van der Waals surface area contributed by atoms with Gasteiger partial charge in [0.05, 0.1) is 37.2 Å². The van der Waals surface area contributed by atoms with Crippen LogP contribution in [0.3, 0.4) is 0 Å². The molecule has 1 aliphatic heterocycles. The molecule has 2 aromatic carbocycles. The van der Waals surface area contributed by atoms with Gasteiger partial charge in [-0.25, -0.2) is 31.9 Å². The van der Waals surface area contributed by atoms with Crippen molar-refractivity contribution in [3.63, 3.8) is 0 Å². The summed E-state index contributed by atoms with van der Waals surface area (Å²) in [6.45, 7) is -0.492. The number of furan rings is 1. The van der Waals surface area contributed by atoms with E-state index >= 15 is 0 Å². The first kappa shape index (κ1) is 29.7. The van der Waals surface area contributed by atoms with Gasteiger partial charge in [-0.1, -0.05) is 12.2 Å². The van der Waals surface area contributed by atoms with E-state index in [-0.39, 0.29) is 47.3 Å². The Morgan fingerprint density at radius 2 is 1.93 bits per heavy atom. The third-order valence-electron chi connectivity index (χ3n) is 6.17. The summed E-state index contributed by atoms with van der Waals surface area (Å²) in [5, 5.41) is 9.25. The minimum atomic E-state index is -4.45. The van der Waals surface area contributed by atoms with E-state index in [0.717, 1.165) is 28.3 Å². The molecular formula is C28H32FNO8S2. The number of hydrogen-bond acceptors (Lipinski definition) is 8. The zero-order chi connectivity index (χ0) is 29.1. The topological polar surface area (TPSA) is 116 Å². The van der Waals surface area contributed by atoms with E-state index in [0.29, 0.717) is 16.9 Å². The number of halogens is 1. The van der Waals surface area contributed by atoms with E-state index < -0.39 is 38.6 Å². The molecule has 0 amide bonds. The van der Waals surface area contributed by atoms with Gasteiger partial charge in [-0.2, -0.15) is 0 Å². The Morgan fingerprint density at radius 3 is 2.62 bits per heavy atom. The van der Waals surface area contributed by atoms with Crippen LogP contribution in [0.15, 0.2) is 58.1 Å². The molecule has 4 rings (SSSR count). The lowest BCUT2D eigenvalue weighted by Crippen LogP contribution is -2.35. The number of carbonyl (C=O) groups excluding carboxylic acids is 1. The molecule has 216 valence electrons. The molecule has 40 heavy (non-hydrogen) atoms. The van der Waals surface area contributed by atoms with Crippen molar-refractivity contribution in [1.82, 2.24) is 0 Å². The number of nitrogens with zero attached hydrogens (tertiary/aromatic N) is 1. The monoisotopic (exact) mass is 593 g/mol. The Bertz CT molecular complexity index is 1530. The Hall–Kier alpha value is -3.32. The number of benzene rings is 2. The van der Waals surface area contributed by atoms with Crippen molar-refractivity contribution in [2.75, 3.05) is 55.9 Å². The number of carbonyl (C=O) groups is 1. The smallest absolute Gasteiger partial charge is 0.343 e. The van der Waals surface area contributed by atoms with Gasteiger partial charge in [0.25, 0.3) is 10.0 Å². The number of anilines is 1. The highest BCUT2D eigenvalue weighted by Gasteiger charge is 2.35. The van der Waals surface area contributed by atoms with Crippen LogP contribution in [0, 0.1) is 5.82 Å². The summed E-state index contributed by atoms with van der Waals surface area (Å²) in [6.07, 6.45) is 10.5. The van der Waals surface area contributed by atoms with Crippen LogP contribution in [0.5, 0.6) is 5.75 Å². The fourth-order valence-corrected chi connectivity index (χ4v) is 6.32. The zero-order valence-corrected chi connectivity index (χ0v) is 24.3. The van der Waals surface area contributed by atoms with Gasteiger partial charge in [0.15, 0.2) is 0 Å². The number of sulfonamides is 1. The van der Waals surface area contributed by atoms with Gasteiger partial charge < -0.3 is 23.7 Å². The van der Waals surface area contributed by atoms with Crippen molar-refractivity contribution in [2.24, 2.45) is 0 Å². The molecule has 1 aliphatic rings. The maximum atomic E-state index is 14.2. The van der Waals surface area contributed by atoms with Crippen LogP contribution >= 0.6 is 10.0 Å². The van der Waals surface area contributed by atoms with Gasteiger partial charge in [0.1, 0.15) is 36.2 Å². The van der Waals surface area contributed by atoms with Crippen LogP contribution < -0.4 is 9.04 Å². The van der Waals surface area contributed by atoms with Crippen LogP contribution in [0.2, 0.25) is 0 Å². The number of aliphatic hydroxyl groups is 1. The summed E-state index contributed by atoms with van der Waals surface area (Å²) in [6, 6.07) is 8.09. The van der Waals surface area contributed by atoms with Gasteiger partial charge in [-0.15, -0.1) is 0 Å². The summed E-state index contributed by atoms with van der Waals surface area (Å²) in [4.78, 5) is 12.9. The molecule has 2 heterocycles. The Kier molecular flexibility index (Phi) is 8.93. The fraction of sp³-hybridized carbons (Fsp3) is 0.321. The number of methoxy groups -OCH3 is 1. The van der Waals surface area contributed by atoms with E-state index in [1.165, 1.54) is 31.6 Å². The number of aliphatic hydroxyl groups excluding tert-OH is 1. The lowest BCUT2D eigenvalue weighted by Gasteiger charge is -2.30. The number of rotatable bonds is 11. The van der Waals surface area contributed by atoms with E-state index in [2.05, 4.69) is 18.8 Å². The average molecular weight is 594 g/mol. The van der Waals surface area contributed by atoms with Crippen molar-refractivity contribution in [2.45, 2.75) is 11.5 Å². The summed E-state index contributed by atoms with van der Waals surface area (Å²) < 4.78 is 65.8. The first-order chi connectivity index (χ1) is 19.0. The van der Waals surface area contributed by atoms with Crippen LogP contribution in [-0.2, 0) is 26.1 Å². The molecule has 0 saturated heterocycles. The van der Waals surface area contributed by atoms with E-state index in [4.69, 9.17) is 18.6 Å². The van der Waals surface area contributed by atoms with Crippen LogP contribution in [-0.4, -0.2) is 71.1 Å². The molecule has 0 radical (unpaired) electrons. The van der Waals surface area contributed by atoms with E-state index in [9.17, 15) is 22.7 Å². The number of fused-ring (bicyclic) bond motifs is 3. The van der Waals surface area contributed by atoms with Crippen molar-refractivity contribution >= 4 is 37.8 Å². The third kappa shape index (κ3) is 6.20. The van der Waals surface area contributed by atoms with Crippen molar-refractivity contribution in [1.29, 1.82) is 0 Å². The van der Waals surface area contributed by atoms with Crippen LogP contribution in [0.25, 0.3) is 17.2 Å². The molecule has 0 fully saturated rings. The highest BCUT2D eigenvalue weighted by Crippen LogP contribution is 2.45. The summed E-state index contributed by atoms with van der Waals surface area (Å²) in [5.74, 6) is -0.0155. The van der Waals surface area contributed by atoms with Gasteiger partial charge in [0, 0.05) is 16.9 Å². The second kappa shape index (κ2) is 12.0. The maximum absolute atomic E-state index is 14.2. The molecular weight excluding hydrogens is 561 g/mol. The number of esters is 1. The number of ether oxygens (including phenoxy) is 3. The minimum absolute atomic E-state index is 0.0232. The zero-order valence-electron chi connectivity index (χ0n) is 22.7. The second-order valence-electron chi connectivity index (χ2n) is 9.83. The highest BCUT2D eigenvalue weighted by atomic mass is 32.3. The molecule has 9 nitrogen and oxygen atoms in total. The lowest BCUT2D eigenvalue weighted by atomic mass is 9.98. The number of hydrogen-bond donors (Lipinski definition) is 1. The fourth-order valence-electron chi connectivity index (χ4n) is 4.18. The van der Waals surface area contributed by atoms with Gasteiger partial charge >= 0.3 is 5.97 Å². The normalized spacial score (nSPS) is 13.4. The molecule has 1 aromatic heterocycles. The molecule has 0 atom stereocenters. The SMILES string of the molecule is COC(=O)c1c(N(COCCS(C)(C)C)S(=O)(=O)c2ccc(F)cc2/C=C\CO)ccc2c1OCc1occc1-2. The van der Waals surface area contributed by atoms with E-state index in [1.807, 2.05) is 0 Å². The molecule has 0 spiro atoms. The summed E-state index contributed by atoms with van der Waals surface area (Å²) in [5.41, 5.74) is 1.15. The van der Waals surface area contributed by atoms with Crippen molar-refractivity contribution in [3.8, 4) is 16.9 Å². The predicted molar refractivity (Wildman–Crippen MR) is 153 cm³/mol. The minimum Gasteiger partial charge on any atom is -0.484 e. The molecule has 0 aliphatic carbocycles. The molecule has 0 bridgehead atoms. The summed E-state index contributed by atoms with van der Waals surface area (Å²) in [7, 11) is -4.19. The van der Waals surface area contributed by atoms with Crippen LogP contribution in [0.1, 0.15) is 21.7 Å². The van der Waals surface area contributed by atoms with Gasteiger partial charge in [0.2, 0.25) is 0 Å². The molecule has 12 heteroatoms. The standard InChI is InChI=1S/C28H32FNO8S2/c1-35-28(32)26-23(9-8-22-21-11-13-37-24(21)17-38-27(22)26)30(18-36-14-15-39(2,3)4)40(33,34)25-10-7-20(29)16-19(25)6-5-12-31/h5-11,13,16,31H,12,14-15,17-18H2,1-4H3/b6-5-. The lowest BCUT2D eigenvalue weighted by molar-refractivity contribution is 0.0595. The van der Waals surface area contributed by atoms with Gasteiger partial charge in [-0.05, 0) is 60.7 Å². The third-order valence-corrected chi connectivity index (χ3v) is 9.37. The Balaban J connectivity index is 1.89. The van der Waals surface area contributed by atoms with Crippen molar-refractivity contribution in [3.05, 3.63) is 71.4 Å². The predicted octanol–water partition coefficient (Wildman–Crippen LogP) is 4.63. The van der Waals surface area contributed by atoms with Crippen LogP contribution in [0.4, 0.5) is 10.1 Å². The maximum Gasteiger partial charge on any atom is 0.343 e. The summed E-state index contributed by atoms with van der Waals surface area (Å²) >= 11 is 0. The molecule has 0 unspecified atom stereocenters. The molecule has 1 N–H and O–H groups in total.